The van der Waals surface area contributed by atoms with E-state index in [1.807, 2.05) is 0 Å². The predicted molar refractivity (Wildman–Crippen MR) is 51.0 cm³/mol. The maximum atomic E-state index is 11.6. The van der Waals surface area contributed by atoms with Gasteiger partial charge in [0, 0.05) is 19.0 Å². The van der Waals surface area contributed by atoms with Crippen molar-refractivity contribution >= 4 is 17.6 Å². The van der Waals surface area contributed by atoms with Gasteiger partial charge in [0.2, 0.25) is 11.8 Å². The second-order valence-corrected chi connectivity index (χ2v) is 3.52. The predicted octanol–water partition coefficient (Wildman–Crippen LogP) is 0.0576. The fourth-order valence-electron chi connectivity index (χ4n) is 1.44. The summed E-state index contributed by atoms with van der Waals surface area (Å²) in [6.45, 7) is 2.13. The highest BCUT2D eigenvalue weighted by molar-refractivity contribution is 5.96. The Morgan fingerprint density at radius 3 is 3.07 bits per heavy atom. The van der Waals surface area contributed by atoms with Gasteiger partial charge in [0.05, 0.1) is 5.92 Å². The summed E-state index contributed by atoms with van der Waals surface area (Å²) in [5.74, 6) is 0.408. The van der Waals surface area contributed by atoms with Gasteiger partial charge < -0.3 is 15.2 Å². The van der Waals surface area contributed by atoms with Crippen molar-refractivity contribution in [3.63, 3.8) is 0 Å². The van der Waals surface area contributed by atoms with E-state index in [0.717, 1.165) is 0 Å². The van der Waals surface area contributed by atoms with Gasteiger partial charge in [-0.1, -0.05) is 5.16 Å². The van der Waals surface area contributed by atoms with Crippen molar-refractivity contribution < 1.29 is 14.1 Å². The van der Waals surface area contributed by atoms with Crippen LogP contribution in [0.4, 0.5) is 5.82 Å². The Balaban J connectivity index is 1.95. The Kier molecular flexibility index (Phi) is 2.40. The standard InChI is InChI=1S/C9H11N3O3/c1-5-2-7(12-15-5)11-9(14)6-3-8(13)10-4-6/h2,6H,3-4H2,1H3,(H,10,13)(H,11,12,14). The molecule has 15 heavy (non-hydrogen) atoms. The number of amides is 2. The van der Waals surface area contributed by atoms with Crippen molar-refractivity contribution in [2.75, 3.05) is 11.9 Å². The number of nitrogens with one attached hydrogen (secondary N) is 2. The average Bonchev–Trinajstić information content (AvgIpc) is 2.75. The van der Waals surface area contributed by atoms with E-state index < -0.39 is 0 Å². The van der Waals surface area contributed by atoms with E-state index in [1.165, 1.54) is 0 Å². The summed E-state index contributed by atoms with van der Waals surface area (Å²) in [4.78, 5) is 22.5. The summed E-state index contributed by atoms with van der Waals surface area (Å²) >= 11 is 0. The molecule has 1 aromatic rings. The first-order chi connectivity index (χ1) is 7.15. The second-order valence-electron chi connectivity index (χ2n) is 3.52. The number of aryl methyl sites for hydroxylation is 1. The highest BCUT2D eigenvalue weighted by atomic mass is 16.5. The van der Waals surface area contributed by atoms with E-state index in [-0.39, 0.29) is 24.2 Å². The number of hydrogen-bond donors (Lipinski definition) is 2. The minimum atomic E-state index is -0.311. The Hall–Kier alpha value is -1.85. The van der Waals surface area contributed by atoms with Crippen molar-refractivity contribution in [2.24, 2.45) is 5.92 Å². The van der Waals surface area contributed by atoms with E-state index in [4.69, 9.17) is 4.52 Å². The number of hydrogen-bond acceptors (Lipinski definition) is 4. The minimum absolute atomic E-state index is 0.0912. The number of anilines is 1. The van der Waals surface area contributed by atoms with Gasteiger partial charge in [0.1, 0.15) is 5.76 Å². The first-order valence-electron chi connectivity index (χ1n) is 4.66. The Bertz CT molecular complexity index is 399. The van der Waals surface area contributed by atoms with Crippen molar-refractivity contribution in [1.82, 2.24) is 10.5 Å². The molecule has 0 spiro atoms. The molecule has 0 aromatic carbocycles. The Labute approximate surface area is 86.0 Å². The van der Waals surface area contributed by atoms with Crippen LogP contribution < -0.4 is 10.6 Å². The van der Waals surface area contributed by atoms with Crippen molar-refractivity contribution in [3.8, 4) is 0 Å². The largest absolute Gasteiger partial charge is 0.360 e. The average molecular weight is 209 g/mol. The van der Waals surface area contributed by atoms with Crippen LogP contribution in [0.25, 0.3) is 0 Å². The third kappa shape index (κ3) is 2.15. The van der Waals surface area contributed by atoms with Crippen LogP contribution in [0.3, 0.4) is 0 Å². The molecule has 6 nitrogen and oxygen atoms in total. The minimum Gasteiger partial charge on any atom is -0.360 e. The molecule has 80 valence electrons. The molecule has 6 heteroatoms. The molecule has 0 bridgehead atoms. The van der Waals surface area contributed by atoms with Crippen molar-refractivity contribution in [3.05, 3.63) is 11.8 Å². The summed E-state index contributed by atoms with van der Waals surface area (Å²) < 4.78 is 4.80. The zero-order valence-corrected chi connectivity index (χ0v) is 8.24. The van der Waals surface area contributed by atoms with Gasteiger partial charge in [0.25, 0.3) is 0 Å². The van der Waals surface area contributed by atoms with Gasteiger partial charge in [-0.2, -0.15) is 0 Å². The van der Waals surface area contributed by atoms with Crippen LogP contribution in [0, 0.1) is 12.8 Å². The molecular weight excluding hydrogens is 198 g/mol. The van der Waals surface area contributed by atoms with Gasteiger partial charge in [-0.25, -0.2) is 0 Å². The fraction of sp³-hybridized carbons (Fsp3) is 0.444. The number of carbonyl (C=O) groups is 2. The molecule has 2 amide bonds. The second kappa shape index (κ2) is 3.72. The molecule has 0 radical (unpaired) electrons. The van der Waals surface area contributed by atoms with E-state index >= 15 is 0 Å². The first-order valence-corrected chi connectivity index (χ1v) is 4.66. The molecule has 2 heterocycles. The molecular formula is C9H11N3O3. The Morgan fingerprint density at radius 1 is 1.73 bits per heavy atom. The topological polar surface area (TPSA) is 84.2 Å². The smallest absolute Gasteiger partial charge is 0.231 e. The third-order valence-corrected chi connectivity index (χ3v) is 2.23. The molecule has 1 atom stereocenters. The summed E-state index contributed by atoms with van der Waals surface area (Å²) in [6, 6.07) is 1.63. The zero-order chi connectivity index (χ0) is 10.8. The number of nitrogens with zero attached hydrogens (tertiary/aromatic N) is 1. The lowest BCUT2D eigenvalue weighted by Crippen LogP contribution is -2.24. The van der Waals surface area contributed by atoms with Gasteiger partial charge >= 0.3 is 0 Å². The highest BCUT2D eigenvalue weighted by Gasteiger charge is 2.28. The van der Waals surface area contributed by atoms with Crippen LogP contribution in [0.15, 0.2) is 10.6 Å². The van der Waals surface area contributed by atoms with E-state index in [2.05, 4.69) is 15.8 Å². The highest BCUT2D eigenvalue weighted by Crippen LogP contribution is 2.13. The molecule has 1 aliphatic rings. The molecule has 1 aromatic heterocycles. The van der Waals surface area contributed by atoms with Crippen LogP contribution >= 0.6 is 0 Å². The Morgan fingerprint density at radius 2 is 2.53 bits per heavy atom. The first kappa shape index (κ1) is 9.70. The molecule has 1 aliphatic heterocycles. The summed E-state index contributed by atoms with van der Waals surface area (Å²) in [7, 11) is 0. The van der Waals surface area contributed by atoms with E-state index in [1.54, 1.807) is 13.0 Å². The summed E-state index contributed by atoms with van der Waals surface area (Å²) in [6.07, 6.45) is 0.239. The van der Waals surface area contributed by atoms with Crippen molar-refractivity contribution in [2.45, 2.75) is 13.3 Å². The maximum absolute atomic E-state index is 11.6. The van der Waals surface area contributed by atoms with Crippen LogP contribution in [0.5, 0.6) is 0 Å². The van der Waals surface area contributed by atoms with E-state index in [9.17, 15) is 9.59 Å². The molecule has 2 N–H and O–H groups in total. The van der Waals surface area contributed by atoms with Crippen LogP contribution in [0.1, 0.15) is 12.2 Å². The monoisotopic (exact) mass is 209 g/mol. The molecule has 1 fully saturated rings. The molecule has 2 rings (SSSR count). The quantitative estimate of drug-likeness (QED) is 0.721. The molecule has 0 saturated carbocycles. The lowest BCUT2D eigenvalue weighted by Gasteiger charge is -2.05. The SMILES string of the molecule is Cc1cc(NC(=O)C2CNC(=O)C2)no1. The third-order valence-electron chi connectivity index (χ3n) is 2.23. The zero-order valence-electron chi connectivity index (χ0n) is 8.24. The lowest BCUT2D eigenvalue weighted by atomic mass is 10.1. The summed E-state index contributed by atoms with van der Waals surface area (Å²) in [5, 5.41) is 8.82. The molecule has 1 unspecified atom stereocenters. The van der Waals surface area contributed by atoms with Crippen LogP contribution in [-0.4, -0.2) is 23.5 Å². The van der Waals surface area contributed by atoms with Crippen LogP contribution in [-0.2, 0) is 9.59 Å². The van der Waals surface area contributed by atoms with Gasteiger partial charge in [-0.05, 0) is 6.92 Å². The van der Waals surface area contributed by atoms with Gasteiger partial charge in [-0.3, -0.25) is 9.59 Å². The molecule has 1 saturated heterocycles. The number of carbonyl (C=O) groups excluding carboxylic acids is 2. The number of aromatic nitrogens is 1. The molecule has 0 aliphatic carbocycles. The summed E-state index contributed by atoms with van der Waals surface area (Å²) in [5.41, 5.74) is 0. The van der Waals surface area contributed by atoms with E-state index in [0.29, 0.717) is 18.1 Å². The van der Waals surface area contributed by atoms with Crippen LogP contribution in [0.2, 0.25) is 0 Å². The van der Waals surface area contributed by atoms with Gasteiger partial charge in [0.15, 0.2) is 5.82 Å². The van der Waals surface area contributed by atoms with Gasteiger partial charge in [-0.15, -0.1) is 0 Å². The fourth-order valence-corrected chi connectivity index (χ4v) is 1.44. The number of rotatable bonds is 2. The lowest BCUT2D eigenvalue weighted by molar-refractivity contribution is -0.123. The normalized spacial score (nSPS) is 20.1. The van der Waals surface area contributed by atoms with Crippen molar-refractivity contribution in [1.29, 1.82) is 0 Å². The maximum Gasteiger partial charge on any atom is 0.231 e.